The summed E-state index contributed by atoms with van der Waals surface area (Å²) in [5.41, 5.74) is 0. The van der Waals surface area contributed by atoms with E-state index >= 15 is 0 Å². The number of rotatable bonds is 3. The zero-order valence-electron chi connectivity index (χ0n) is 8.85. The van der Waals surface area contributed by atoms with Gasteiger partial charge in [-0.2, -0.15) is 0 Å². The van der Waals surface area contributed by atoms with Gasteiger partial charge in [-0.25, -0.2) is 4.79 Å². The average Bonchev–Trinajstić information content (AvgIpc) is 2.02. The molecule has 6 nitrogen and oxygen atoms in total. The van der Waals surface area contributed by atoms with Crippen LogP contribution in [-0.2, 0) is 23.9 Å². The lowest BCUT2D eigenvalue weighted by atomic mass is 10.4. The highest BCUT2D eigenvalue weighted by Gasteiger charge is 2.15. The van der Waals surface area contributed by atoms with Crippen molar-refractivity contribution >= 4 is 17.9 Å². The van der Waals surface area contributed by atoms with Gasteiger partial charge in [-0.05, 0) is 6.92 Å². The molecule has 1 unspecified atom stereocenters. The first-order valence-corrected chi connectivity index (χ1v) is 3.99. The summed E-state index contributed by atoms with van der Waals surface area (Å²) in [5.74, 6) is -1.98. The van der Waals surface area contributed by atoms with E-state index in [4.69, 9.17) is 9.90 Å². The van der Waals surface area contributed by atoms with Gasteiger partial charge in [-0.3, -0.25) is 9.59 Å². The first kappa shape index (κ1) is 15.6. The Kier molecular flexibility index (Phi) is 9.09. The Morgan fingerprint density at radius 1 is 1.33 bits per heavy atom. The van der Waals surface area contributed by atoms with Gasteiger partial charge in [0.15, 0.2) is 6.10 Å². The number of hydrogen-bond acceptors (Lipinski definition) is 5. The molecule has 0 aromatic carbocycles. The van der Waals surface area contributed by atoms with Crippen molar-refractivity contribution in [3.8, 4) is 0 Å². The van der Waals surface area contributed by atoms with Gasteiger partial charge in [0.05, 0.1) is 6.26 Å². The molecule has 0 aliphatic heterocycles. The summed E-state index contributed by atoms with van der Waals surface area (Å²) < 4.78 is 8.86. The van der Waals surface area contributed by atoms with Crippen LogP contribution in [0.4, 0.5) is 0 Å². The Labute approximate surface area is 87.5 Å². The molecule has 0 saturated heterocycles. The topological polar surface area (TPSA) is 89.9 Å². The third kappa shape index (κ3) is 15.0. The Balaban J connectivity index is 0. The molecule has 0 heterocycles. The number of esters is 2. The normalized spacial score (nSPS) is 10.1. The van der Waals surface area contributed by atoms with Crippen molar-refractivity contribution in [3.63, 3.8) is 0 Å². The molecule has 15 heavy (non-hydrogen) atoms. The molecule has 0 aromatic rings. The third-order valence-electron chi connectivity index (χ3n) is 0.874. The fourth-order valence-corrected chi connectivity index (χ4v) is 0.475. The minimum absolute atomic E-state index is 0.515. The molecule has 0 amide bonds. The fraction of sp³-hybridized carbons (Fsp3) is 0.444. The monoisotopic (exact) mass is 218 g/mol. The lowest BCUT2D eigenvalue weighted by Crippen LogP contribution is -2.23. The number of carboxylic acids is 1. The highest BCUT2D eigenvalue weighted by atomic mass is 16.6. The molecule has 0 bridgehead atoms. The standard InChI is InChI=1S/C7H10O4.C2H4O2/c1-4-10-7(9)5(2)11-6(3)8;1-2(3)4/h4-5H,1H2,2-3H3;1H3,(H,3,4). The van der Waals surface area contributed by atoms with Gasteiger partial charge in [0.2, 0.25) is 0 Å². The number of hydrogen-bond donors (Lipinski definition) is 1. The third-order valence-corrected chi connectivity index (χ3v) is 0.874. The van der Waals surface area contributed by atoms with Crippen molar-refractivity contribution in [2.75, 3.05) is 0 Å². The molecule has 0 fully saturated rings. The van der Waals surface area contributed by atoms with Crippen molar-refractivity contribution in [2.24, 2.45) is 0 Å². The highest BCUT2D eigenvalue weighted by Crippen LogP contribution is 1.94. The van der Waals surface area contributed by atoms with E-state index in [9.17, 15) is 9.59 Å². The van der Waals surface area contributed by atoms with E-state index in [-0.39, 0.29) is 0 Å². The van der Waals surface area contributed by atoms with Crippen LogP contribution in [0, 0.1) is 0 Å². The van der Waals surface area contributed by atoms with Crippen LogP contribution in [0.15, 0.2) is 12.8 Å². The maximum absolute atomic E-state index is 10.7. The molecule has 1 N–H and O–H groups in total. The smallest absolute Gasteiger partial charge is 0.351 e. The minimum Gasteiger partial charge on any atom is -0.481 e. The summed E-state index contributed by atoms with van der Waals surface area (Å²) in [6, 6.07) is 0. The van der Waals surface area contributed by atoms with Crippen LogP contribution in [0.25, 0.3) is 0 Å². The average molecular weight is 218 g/mol. The van der Waals surface area contributed by atoms with E-state index in [1.165, 1.54) is 13.8 Å². The Morgan fingerprint density at radius 3 is 2.00 bits per heavy atom. The first-order valence-electron chi connectivity index (χ1n) is 3.99. The predicted molar refractivity (Wildman–Crippen MR) is 50.8 cm³/mol. The lowest BCUT2D eigenvalue weighted by Gasteiger charge is -2.07. The highest BCUT2D eigenvalue weighted by molar-refractivity contribution is 5.78. The number of carboxylic acid groups (broad SMARTS) is 1. The fourth-order valence-electron chi connectivity index (χ4n) is 0.475. The summed E-state index contributed by atoms with van der Waals surface area (Å²) >= 11 is 0. The molecule has 1 atom stereocenters. The van der Waals surface area contributed by atoms with E-state index < -0.39 is 24.0 Å². The van der Waals surface area contributed by atoms with Crippen LogP contribution in [0.3, 0.4) is 0 Å². The SMILES string of the molecule is C=COC(=O)C(C)OC(C)=O.CC(=O)O. The van der Waals surface area contributed by atoms with E-state index in [0.29, 0.717) is 0 Å². The predicted octanol–water partition coefficient (Wildman–Crippen LogP) is 0.716. The van der Waals surface area contributed by atoms with Crippen molar-refractivity contribution in [1.29, 1.82) is 0 Å². The molecule has 0 spiro atoms. The van der Waals surface area contributed by atoms with Crippen molar-refractivity contribution < 1.29 is 29.0 Å². The van der Waals surface area contributed by atoms with Crippen molar-refractivity contribution in [1.82, 2.24) is 0 Å². The summed E-state index contributed by atoms with van der Waals surface area (Å²) in [4.78, 5) is 30.0. The van der Waals surface area contributed by atoms with Gasteiger partial charge >= 0.3 is 11.9 Å². The zero-order valence-corrected chi connectivity index (χ0v) is 8.85. The van der Waals surface area contributed by atoms with Gasteiger partial charge in [0, 0.05) is 13.8 Å². The zero-order chi connectivity index (χ0) is 12.4. The second-order valence-electron chi connectivity index (χ2n) is 2.37. The second-order valence-corrected chi connectivity index (χ2v) is 2.37. The van der Waals surface area contributed by atoms with Crippen LogP contribution < -0.4 is 0 Å². The van der Waals surface area contributed by atoms with E-state index in [2.05, 4.69) is 16.1 Å². The maximum atomic E-state index is 10.7. The van der Waals surface area contributed by atoms with Crippen molar-refractivity contribution in [2.45, 2.75) is 26.9 Å². The number of ether oxygens (including phenoxy) is 2. The molecule has 0 rings (SSSR count). The summed E-state index contributed by atoms with van der Waals surface area (Å²) in [6.45, 7) is 6.91. The quantitative estimate of drug-likeness (QED) is 0.554. The number of aliphatic carboxylic acids is 1. The first-order chi connectivity index (χ1) is 6.81. The van der Waals surface area contributed by atoms with Crippen LogP contribution in [-0.4, -0.2) is 29.1 Å². The Bertz CT molecular complexity index is 241. The maximum Gasteiger partial charge on any atom is 0.351 e. The Hall–Kier alpha value is -1.85. The molecule has 0 aliphatic rings. The van der Waals surface area contributed by atoms with Crippen LogP contribution in [0.1, 0.15) is 20.8 Å². The van der Waals surface area contributed by atoms with Gasteiger partial charge < -0.3 is 14.6 Å². The molecule has 6 heteroatoms. The van der Waals surface area contributed by atoms with E-state index in [1.807, 2.05) is 0 Å². The minimum atomic E-state index is -0.870. The second kappa shape index (κ2) is 8.74. The molecular weight excluding hydrogens is 204 g/mol. The van der Waals surface area contributed by atoms with Crippen LogP contribution in [0.5, 0.6) is 0 Å². The molecule has 0 aliphatic carbocycles. The number of carbonyl (C=O) groups is 3. The lowest BCUT2D eigenvalue weighted by molar-refractivity contribution is -0.161. The summed E-state index contributed by atoms with van der Waals surface area (Å²) in [5, 5.41) is 7.42. The van der Waals surface area contributed by atoms with E-state index in [0.717, 1.165) is 13.2 Å². The molecule has 0 saturated carbocycles. The Morgan fingerprint density at radius 2 is 1.73 bits per heavy atom. The van der Waals surface area contributed by atoms with Gasteiger partial charge in [0.25, 0.3) is 5.97 Å². The summed E-state index contributed by atoms with van der Waals surface area (Å²) in [7, 11) is 0. The van der Waals surface area contributed by atoms with Crippen molar-refractivity contribution in [3.05, 3.63) is 12.8 Å². The molecular formula is C9H14O6. The molecule has 0 aromatic heterocycles. The van der Waals surface area contributed by atoms with Gasteiger partial charge in [-0.15, -0.1) is 0 Å². The summed E-state index contributed by atoms with van der Waals surface area (Å²) in [6.07, 6.45) is 0.119. The van der Waals surface area contributed by atoms with Gasteiger partial charge in [-0.1, -0.05) is 6.58 Å². The van der Waals surface area contributed by atoms with Crippen LogP contribution >= 0.6 is 0 Å². The van der Waals surface area contributed by atoms with E-state index in [1.54, 1.807) is 0 Å². The van der Waals surface area contributed by atoms with Crippen LogP contribution in [0.2, 0.25) is 0 Å². The number of carbonyl (C=O) groups excluding carboxylic acids is 2. The largest absolute Gasteiger partial charge is 0.481 e. The molecule has 86 valence electrons. The van der Waals surface area contributed by atoms with Gasteiger partial charge in [0.1, 0.15) is 0 Å². The molecule has 0 radical (unpaired) electrons.